The van der Waals surface area contributed by atoms with Crippen molar-refractivity contribution in [1.82, 2.24) is 9.97 Å². The van der Waals surface area contributed by atoms with Gasteiger partial charge in [0.1, 0.15) is 12.0 Å². The Labute approximate surface area is 123 Å². The van der Waals surface area contributed by atoms with Gasteiger partial charge in [0, 0.05) is 18.1 Å². The van der Waals surface area contributed by atoms with Crippen molar-refractivity contribution >= 4 is 28.9 Å². The maximum atomic E-state index is 6.11. The Morgan fingerprint density at radius 3 is 2.55 bits per heavy atom. The van der Waals surface area contributed by atoms with Crippen LogP contribution in [0.15, 0.2) is 30.6 Å². The molecule has 0 aliphatic carbocycles. The average Bonchev–Trinajstić information content (AvgIpc) is 2.46. The highest BCUT2D eigenvalue weighted by Crippen LogP contribution is 2.23. The maximum Gasteiger partial charge on any atom is 0.155 e. The van der Waals surface area contributed by atoms with Crippen LogP contribution in [0.5, 0.6) is 0 Å². The minimum atomic E-state index is 0.521. The van der Waals surface area contributed by atoms with Gasteiger partial charge in [0.2, 0.25) is 0 Å². The van der Waals surface area contributed by atoms with Gasteiger partial charge >= 0.3 is 0 Å². The normalized spacial score (nSPS) is 10.3. The SMILES string of the molecule is CCCNc1ncnc(NCc2ccccc2Cl)c1N. The molecule has 0 saturated carbocycles. The van der Waals surface area contributed by atoms with Crippen molar-refractivity contribution in [1.29, 1.82) is 0 Å². The van der Waals surface area contributed by atoms with E-state index in [0.717, 1.165) is 23.6 Å². The first kappa shape index (κ1) is 14.4. The Bertz CT molecular complexity index is 573. The molecule has 0 saturated heterocycles. The summed E-state index contributed by atoms with van der Waals surface area (Å²) in [4.78, 5) is 8.30. The van der Waals surface area contributed by atoms with E-state index in [1.807, 2.05) is 24.3 Å². The molecule has 4 N–H and O–H groups in total. The first-order valence-electron chi connectivity index (χ1n) is 6.54. The van der Waals surface area contributed by atoms with E-state index in [2.05, 4.69) is 27.5 Å². The molecule has 0 unspecified atom stereocenters. The van der Waals surface area contributed by atoms with Gasteiger partial charge in [-0.25, -0.2) is 9.97 Å². The van der Waals surface area contributed by atoms with Crippen LogP contribution in [0.4, 0.5) is 17.3 Å². The lowest BCUT2D eigenvalue weighted by atomic mass is 10.2. The second-order valence-electron chi connectivity index (χ2n) is 4.36. The van der Waals surface area contributed by atoms with E-state index >= 15 is 0 Å². The number of anilines is 3. The van der Waals surface area contributed by atoms with E-state index in [1.165, 1.54) is 6.33 Å². The van der Waals surface area contributed by atoms with Crippen molar-refractivity contribution in [2.45, 2.75) is 19.9 Å². The summed E-state index contributed by atoms with van der Waals surface area (Å²) in [7, 11) is 0. The first-order valence-corrected chi connectivity index (χ1v) is 6.91. The van der Waals surface area contributed by atoms with Gasteiger partial charge in [-0.1, -0.05) is 36.7 Å². The summed E-state index contributed by atoms with van der Waals surface area (Å²) < 4.78 is 0. The van der Waals surface area contributed by atoms with Crippen LogP contribution in [0.2, 0.25) is 5.02 Å². The molecule has 1 aromatic carbocycles. The van der Waals surface area contributed by atoms with Gasteiger partial charge in [0.25, 0.3) is 0 Å². The quantitative estimate of drug-likeness (QED) is 0.762. The summed E-state index contributed by atoms with van der Waals surface area (Å²) in [5.74, 6) is 1.27. The molecule has 2 aromatic rings. The van der Waals surface area contributed by atoms with E-state index in [-0.39, 0.29) is 0 Å². The van der Waals surface area contributed by atoms with Crippen LogP contribution < -0.4 is 16.4 Å². The summed E-state index contributed by atoms with van der Waals surface area (Å²) in [6, 6.07) is 7.66. The van der Waals surface area contributed by atoms with Gasteiger partial charge in [-0.3, -0.25) is 0 Å². The molecular formula is C14H18ClN5. The van der Waals surface area contributed by atoms with Gasteiger partial charge in [-0.2, -0.15) is 0 Å². The minimum Gasteiger partial charge on any atom is -0.393 e. The van der Waals surface area contributed by atoms with Gasteiger partial charge in [0.15, 0.2) is 11.6 Å². The van der Waals surface area contributed by atoms with Crippen LogP contribution in [0.3, 0.4) is 0 Å². The second kappa shape index (κ2) is 6.96. The number of nitrogens with two attached hydrogens (primary N) is 1. The summed E-state index contributed by atoms with van der Waals surface area (Å²) >= 11 is 6.11. The van der Waals surface area contributed by atoms with Crippen LogP contribution in [-0.2, 0) is 6.54 Å². The molecular weight excluding hydrogens is 274 g/mol. The zero-order valence-corrected chi connectivity index (χ0v) is 12.1. The van der Waals surface area contributed by atoms with Crippen molar-refractivity contribution in [3.05, 3.63) is 41.2 Å². The van der Waals surface area contributed by atoms with E-state index in [4.69, 9.17) is 17.3 Å². The van der Waals surface area contributed by atoms with Crippen LogP contribution >= 0.6 is 11.6 Å². The Hall–Kier alpha value is -2.01. The third-order valence-corrected chi connectivity index (χ3v) is 3.20. The third-order valence-electron chi connectivity index (χ3n) is 2.83. The number of halogens is 1. The zero-order chi connectivity index (χ0) is 14.4. The second-order valence-corrected chi connectivity index (χ2v) is 4.76. The zero-order valence-electron chi connectivity index (χ0n) is 11.4. The molecule has 0 fully saturated rings. The highest BCUT2D eigenvalue weighted by Gasteiger charge is 2.07. The van der Waals surface area contributed by atoms with Gasteiger partial charge < -0.3 is 16.4 Å². The highest BCUT2D eigenvalue weighted by atomic mass is 35.5. The molecule has 106 valence electrons. The van der Waals surface area contributed by atoms with Gasteiger partial charge in [-0.05, 0) is 18.1 Å². The number of hydrogen-bond acceptors (Lipinski definition) is 5. The minimum absolute atomic E-state index is 0.521. The standard InChI is InChI=1S/C14H18ClN5/c1-2-7-17-13-12(16)14(20-9-19-13)18-8-10-5-3-4-6-11(10)15/h3-6,9H,2,7-8,16H2,1H3,(H2,17,18,19,20). The number of nitrogens with one attached hydrogen (secondary N) is 2. The monoisotopic (exact) mass is 291 g/mol. The lowest BCUT2D eigenvalue weighted by molar-refractivity contribution is 0.964. The van der Waals surface area contributed by atoms with Crippen LogP contribution in [0.25, 0.3) is 0 Å². The van der Waals surface area contributed by atoms with Crippen molar-refractivity contribution in [3.8, 4) is 0 Å². The largest absolute Gasteiger partial charge is 0.393 e. The Kier molecular flexibility index (Phi) is 5.01. The molecule has 1 heterocycles. The van der Waals surface area contributed by atoms with E-state index < -0.39 is 0 Å². The predicted octanol–water partition coefficient (Wildman–Crippen LogP) is 3.15. The maximum absolute atomic E-state index is 6.11. The molecule has 0 atom stereocenters. The first-order chi connectivity index (χ1) is 9.72. The van der Waals surface area contributed by atoms with Gasteiger partial charge in [-0.15, -0.1) is 0 Å². The van der Waals surface area contributed by atoms with Crippen molar-refractivity contribution < 1.29 is 0 Å². The molecule has 0 amide bonds. The molecule has 0 radical (unpaired) electrons. The molecule has 0 aliphatic heterocycles. The Balaban J connectivity index is 2.08. The van der Waals surface area contributed by atoms with Crippen LogP contribution in [-0.4, -0.2) is 16.5 Å². The Morgan fingerprint density at radius 2 is 1.85 bits per heavy atom. The highest BCUT2D eigenvalue weighted by molar-refractivity contribution is 6.31. The van der Waals surface area contributed by atoms with E-state index in [1.54, 1.807) is 0 Å². The fourth-order valence-electron chi connectivity index (χ4n) is 1.74. The van der Waals surface area contributed by atoms with Crippen LogP contribution in [0, 0.1) is 0 Å². The van der Waals surface area contributed by atoms with Crippen molar-refractivity contribution in [2.75, 3.05) is 22.9 Å². The number of nitrogens with zero attached hydrogens (tertiary/aromatic N) is 2. The number of benzene rings is 1. The fourth-order valence-corrected chi connectivity index (χ4v) is 1.94. The smallest absolute Gasteiger partial charge is 0.155 e. The fraction of sp³-hybridized carbons (Fsp3) is 0.286. The van der Waals surface area contributed by atoms with Crippen LogP contribution in [0.1, 0.15) is 18.9 Å². The summed E-state index contributed by atoms with van der Waals surface area (Å²) in [5, 5.41) is 7.08. The van der Waals surface area contributed by atoms with Crippen molar-refractivity contribution in [3.63, 3.8) is 0 Å². The lowest BCUT2D eigenvalue weighted by Crippen LogP contribution is -2.10. The number of rotatable bonds is 6. The van der Waals surface area contributed by atoms with Crippen molar-refractivity contribution in [2.24, 2.45) is 0 Å². The Morgan fingerprint density at radius 1 is 1.15 bits per heavy atom. The number of hydrogen-bond donors (Lipinski definition) is 3. The summed E-state index contributed by atoms with van der Waals surface area (Å²) in [5.41, 5.74) is 7.56. The molecule has 0 aliphatic rings. The molecule has 1 aromatic heterocycles. The van der Waals surface area contributed by atoms with E-state index in [0.29, 0.717) is 23.9 Å². The topological polar surface area (TPSA) is 75.9 Å². The summed E-state index contributed by atoms with van der Waals surface area (Å²) in [6.07, 6.45) is 2.50. The number of aromatic nitrogens is 2. The molecule has 5 nitrogen and oxygen atoms in total. The molecule has 0 spiro atoms. The molecule has 0 bridgehead atoms. The molecule has 20 heavy (non-hydrogen) atoms. The third kappa shape index (κ3) is 3.51. The summed E-state index contributed by atoms with van der Waals surface area (Å²) in [6.45, 7) is 3.47. The molecule has 6 heteroatoms. The average molecular weight is 292 g/mol. The van der Waals surface area contributed by atoms with Gasteiger partial charge in [0.05, 0.1) is 0 Å². The number of nitrogen functional groups attached to an aromatic ring is 1. The van der Waals surface area contributed by atoms with E-state index in [9.17, 15) is 0 Å². The predicted molar refractivity (Wildman–Crippen MR) is 84.0 cm³/mol. The molecule has 2 rings (SSSR count). The lowest BCUT2D eigenvalue weighted by Gasteiger charge is -2.12.